The summed E-state index contributed by atoms with van der Waals surface area (Å²) in [6, 6.07) is 10.9. The molecule has 0 fully saturated rings. The summed E-state index contributed by atoms with van der Waals surface area (Å²) < 4.78 is 28.8. The molecule has 0 unspecified atom stereocenters. The van der Waals surface area contributed by atoms with Crippen LogP contribution in [0.15, 0.2) is 51.8 Å². The number of oxazole rings is 1. The second kappa shape index (κ2) is 8.54. The summed E-state index contributed by atoms with van der Waals surface area (Å²) in [5.74, 6) is -0.129. The summed E-state index contributed by atoms with van der Waals surface area (Å²) in [7, 11) is -3.82. The monoisotopic (exact) mass is 454 g/mol. The molecule has 0 aliphatic carbocycles. The summed E-state index contributed by atoms with van der Waals surface area (Å²) in [6.45, 7) is 0. The fourth-order valence-electron chi connectivity index (χ4n) is 2.69. The highest BCUT2D eigenvalue weighted by Gasteiger charge is 2.19. The van der Waals surface area contributed by atoms with Crippen LogP contribution in [0.25, 0.3) is 22.6 Å². The third-order valence-corrected chi connectivity index (χ3v) is 5.76. The van der Waals surface area contributed by atoms with Crippen LogP contribution in [0.1, 0.15) is 18.7 Å². The zero-order valence-electron chi connectivity index (χ0n) is 14.9. The second-order valence-corrected chi connectivity index (χ2v) is 8.61. The van der Waals surface area contributed by atoms with Gasteiger partial charge in [0.05, 0.1) is 14.9 Å². The molecule has 0 aliphatic heterocycles. The SMILES string of the molecule is NS(=O)(=O)c1ccc(-c2nc(CCCC(=O)O)oc2-c2ccc(Cl)c(Cl)c2)cc1. The highest BCUT2D eigenvalue weighted by atomic mass is 35.5. The first kappa shape index (κ1) is 21.3. The maximum Gasteiger partial charge on any atom is 0.303 e. The Morgan fingerprint density at radius 1 is 1.07 bits per heavy atom. The van der Waals surface area contributed by atoms with E-state index in [1.165, 1.54) is 12.1 Å². The van der Waals surface area contributed by atoms with Crippen molar-refractivity contribution >= 4 is 39.2 Å². The summed E-state index contributed by atoms with van der Waals surface area (Å²) >= 11 is 12.1. The van der Waals surface area contributed by atoms with Crippen LogP contribution in [0.3, 0.4) is 0 Å². The molecule has 152 valence electrons. The van der Waals surface area contributed by atoms with E-state index in [2.05, 4.69) is 4.98 Å². The van der Waals surface area contributed by atoms with Crippen LogP contribution in [0.5, 0.6) is 0 Å². The molecule has 0 aliphatic rings. The Labute approximate surface area is 177 Å². The van der Waals surface area contributed by atoms with Crippen molar-refractivity contribution in [3.63, 3.8) is 0 Å². The van der Waals surface area contributed by atoms with Crippen molar-refractivity contribution < 1.29 is 22.7 Å². The fourth-order valence-corrected chi connectivity index (χ4v) is 3.51. The normalized spacial score (nSPS) is 11.6. The molecule has 0 atom stereocenters. The Hall–Kier alpha value is -2.39. The van der Waals surface area contributed by atoms with E-state index in [0.717, 1.165) is 0 Å². The first-order valence-electron chi connectivity index (χ1n) is 8.45. The van der Waals surface area contributed by atoms with Crippen LogP contribution >= 0.6 is 23.2 Å². The fraction of sp³-hybridized carbons (Fsp3) is 0.158. The summed E-state index contributed by atoms with van der Waals surface area (Å²) in [4.78, 5) is 15.2. The average molecular weight is 455 g/mol. The van der Waals surface area contributed by atoms with E-state index >= 15 is 0 Å². The van der Waals surface area contributed by atoms with Gasteiger partial charge in [-0.1, -0.05) is 35.3 Å². The number of benzene rings is 2. The summed E-state index contributed by atoms with van der Waals surface area (Å²) in [6.07, 6.45) is 0.680. The van der Waals surface area contributed by atoms with E-state index < -0.39 is 16.0 Å². The van der Waals surface area contributed by atoms with Gasteiger partial charge in [-0.25, -0.2) is 18.5 Å². The van der Waals surface area contributed by atoms with Gasteiger partial charge in [0.25, 0.3) is 0 Å². The third-order valence-electron chi connectivity index (χ3n) is 4.09. The van der Waals surface area contributed by atoms with Crippen molar-refractivity contribution in [1.29, 1.82) is 0 Å². The van der Waals surface area contributed by atoms with Gasteiger partial charge in [0.1, 0.15) is 5.69 Å². The first-order chi connectivity index (χ1) is 13.6. The van der Waals surface area contributed by atoms with Gasteiger partial charge in [-0.05, 0) is 36.8 Å². The number of rotatable bonds is 7. The lowest BCUT2D eigenvalue weighted by molar-refractivity contribution is -0.137. The summed E-state index contributed by atoms with van der Waals surface area (Å²) in [5.41, 5.74) is 1.70. The molecule has 0 saturated carbocycles. The Bertz CT molecular complexity index is 1160. The van der Waals surface area contributed by atoms with Crippen molar-refractivity contribution in [2.75, 3.05) is 0 Å². The molecule has 3 aromatic rings. The zero-order chi connectivity index (χ0) is 21.2. The Morgan fingerprint density at radius 3 is 2.31 bits per heavy atom. The summed E-state index contributed by atoms with van der Waals surface area (Å²) in [5, 5.41) is 14.7. The predicted octanol–water partition coefficient (Wildman–Crippen LogP) is 4.37. The molecule has 2 aromatic carbocycles. The maximum absolute atomic E-state index is 11.5. The van der Waals surface area contributed by atoms with Crippen molar-refractivity contribution in [2.24, 2.45) is 5.14 Å². The number of hydrogen-bond donors (Lipinski definition) is 2. The minimum absolute atomic E-state index is 0.0110. The number of nitrogens with two attached hydrogens (primary N) is 1. The Kier molecular flexibility index (Phi) is 6.28. The lowest BCUT2D eigenvalue weighted by Crippen LogP contribution is -2.11. The molecular formula is C19H16Cl2N2O5S. The van der Waals surface area contributed by atoms with Gasteiger partial charge in [-0.15, -0.1) is 0 Å². The lowest BCUT2D eigenvalue weighted by atomic mass is 10.1. The number of carboxylic acids is 1. The minimum Gasteiger partial charge on any atom is -0.481 e. The Morgan fingerprint density at radius 2 is 1.72 bits per heavy atom. The van der Waals surface area contributed by atoms with E-state index in [0.29, 0.717) is 51.4 Å². The van der Waals surface area contributed by atoms with Crippen molar-refractivity contribution in [2.45, 2.75) is 24.2 Å². The predicted molar refractivity (Wildman–Crippen MR) is 109 cm³/mol. The van der Waals surface area contributed by atoms with Crippen molar-refractivity contribution in [1.82, 2.24) is 4.98 Å². The van der Waals surface area contributed by atoms with Crippen LogP contribution in [0.2, 0.25) is 10.0 Å². The smallest absolute Gasteiger partial charge is 0.303 e. The van der Waals surface area contributed by atoms with E-state index in [4.69, 9.17) is 37.9 Å². The van der Waals surface area contributed by atoms with Crippen molar-refractivity contribution in [3.8, 4) is 22.6 Å². The average Bonchev–Trinajstić information content (AvgIpc) is 3.07. The van der Waals surface area contributed by atoms with Crippen molar-refractivity contribution in [3.05, 3.63) is 58.4 Å². The van der Waals surface area contributed by atoms with E-state index in [1.54, 1.807) is 30.3 Å². The molecule has 0 spiro atoms. The molecule has 1 heterocycles. The molecule has 0 saturated heterocycles. The number of nitrogens with zero attached hydrogens (tertiary/aromatic N) is 1. The van der Waals surface area contributed by atoms with Gasteiger partial charge >= 0.3 is 5.97 Å². The minimum atomic E-state index is -3.82. The van der Waals surface area contributed by atoms with Gasteiger partial charge < -0.3 is 9.52 Å². The van der Waals surface area contributed by atoms with E-state index in [1.807, 2.05) is 0 Å². The maximum atomic E-state index is 11.5. The Balaban J connectivity index is 2.04. The largest absolute Gasteiger partial charge is 0.481 e. The molecule has 0 bridgehead atoms. The highest BCUT2D eigenvalue weighted by Crippen LogP contribution is 2.36. The van der Waals surface area contributed by atoms with Crippen LogP contribution < -0.4 is 5.14 Å². The van der Waals surface area contributed by atoms with Gasteiger partial charge in [-0.3, -0.25) is 4.79 Å². The number of aryl methyl sites for hydroxylation is 1. The van der Waals surface area contributed by atoms with Crippen LogP contribution in [0.4, 0.5) is 0 Å². The topological polar surface area (TPSA) is 123 Å². The number of halogens is 2. The molecule has 7 nitrogen and oxygen atoms in total. The number of hydrogen-bond acceptors (Lipinski definition) is 5. The standard InChI is InChI=1S/C19H16Cl2N2O5S/c20-14-9-6-12(10-15(14)21)19-18(23-16(28-19)2-1-3-17(24)25)11-4-7-13(8-5-11)29(22,26)27/h4-10H,1-3H2,(H,24,25)(H2,22,26,27). The number of carbonyl (C=O) groups is 1. The van der Waals surface area contributed by atoms with Gasteiger partial charge in [0.15, 0.2) is 11.7 Å². The second-order valence-electron chi connectivity index (χ2n) is 6.23. The quantitative estimate of drug-likeness (QED) is 0.545. The number of sulfonamides is 1. The molecule has 1 aromatic heterocycles. The van der Waals surface area contributed by atoms with Gasteiger partial charge in [0, 0.05) is 24.0 Å². The number of primary sulfonamides is 1. The van der Waals surface area contributed by atoms with Crippen LogP contribution in [0, 0.1) is 0 Å². The number of carboxylic acid groups (broad SMARTS) is 1. The molecule has 0 amide bonds. The first-order valence-corrected chi connectivity index (χ1v) is 10.8. The molecule has 0 radical (unpaired) electrons. The molecule has 10 heteroatoms. The molecule has 29 heavy (non-hydrogen) atoms. The van der Waals surface area contributed by atoms with Gasteiger partial charge in [-0.2, -0.15) is 0 Å². The third kappa shape index (κ3) is 5.16. The molecular weight excluding hydrogens is 439 g/mol. The van der Waals surface area contributed by atoms with E-state index in [-0.39, 0.29) is 11.3 Å². The van der Waals surface area contributed by atoms with Gasteiger partial charge in [0.2, 0.25) is 10.0 Å². The molecule has 3 rings (SSSR count). The number of aliphatic carboxylic acids is 1. The van der Waals surface area contributed by atoms with Crippen LogP contribution in [-0.2, 0) is 21.2 Å². The number of aromatic nitrogens is 1. The van der Waals surface area contributed by atoms with Crippen LogP contribution in [-0.4, -0.2) is 24.5 Å². The highest BCUT2D eigenvalue weighted by molar-refractivity contribution is 7.89. The lowest BCUT2D eigenvalue weighted by Gasteiger charge is -2.04. The molecule has 3 N–H and O–H groups in total. The van der Waals surface area contributed by atoms with E-state index in [9.17, 15) is 13.2 Å². The zero-order valence-corrected chi connectivity index (χ0v) is 17.3.